The predicted molar refractivity (Wildman–Crippen MR) is 92.3 cm³/mol. The number of fused-ring (bicyclic) bond motifs is 1. The lowest BCUT2D eigenvalue weighted by Crippen LogP contribution is -2.02. The van der Waals surface area contributed by atoms with Crippen LogP contribution in [0.3, 0.4) is 0 Å². The minimum atomic E-state index is -0.322. The standard InChI is InChI=1S/C16H16ClFN4OS/c1-3-5-10-8-14(23-2)19-15-20-21-16(22(10)15)24-9-11-12(17)6-4-7-13(11)18/h4,6-8H,3,5,9H2,1-2H3. The summed E-state index contributed by atoms with van der Waals surface area (Å²) in [6, 6.07) is 6.55. The Hall–Kier alpha value is -1.86. The molecule has 0 aliphatic heterocycles. The van der Waals surface area contributed by atoms with Crippen molar-refractivity contribution < 1.29 is 9.13 Å². The molecule has 0 saturated heterocycles. The van der Waals surface area contributed by atoms with Crippen LogP contribution >= 0.6 is 23.4 Å². The number of hydrogen-bond donors (Lipinski definition) is 0. The fourth-order valence-corrected chi connectivity index (χ4v) is 3.67. The van der Waals surface area contributed by atoms with Crippen LogP contribution in [-0.4, -0.2) is 26.7 Å². The van der Waals surface area contributed by atoms with E-state index in [9.17, 15) is 4.39 Å². The summed E-state index contributed by atoms with van der Waals surface area (Å²) < 4.78 is 21.0. The molecule has 5 nitrogen and oxygen atoms in total. The lowest BCUT2D eigenvalue weighted by atomic mass is 10.2. The molecule has 0 radical (unpaired) electrons. The van der Waals surface area contributed by atoms with Crippen LogP contribution in [0.1, 0.15) is 24.6 Å². The van der Waals surface area contributed by atoms with E-state index in [2.05, 4.69) is 22.1 Å². The van der Waals surface area contributed by atoms with E-state index in [1.807, 2.05) is 10.5 Å². The molecule has 0 spiro atoms. The average molecular weight is 367 g/mol. The number of aryl methyl sites for hydroxylation is 1. The maximum Gasteiger partial charge on any atom is 0.259 e. The van der Waals surface area contributed by atoms with Gasteiger partial charge in [0.2, 0.25) is 5.88 Å². The van der Waals surface area contributed by atoms with Crippen LogP contribution in [0.15, 0.2) is 29.4 Å². The van der Waals surface area contributed by atoms with Gasteiger partial charge in [0.25, 0.3) is 5.78 Å². The molecule has 0 fully saturated rings. The molecule has 0 aliphatic rings. The van der Waals surface area contributed by atoms with Gasteiger partial charge in [0.1, 0.15) is 5.82 Å². The lowest BCUT2D eigenvalue weighted by Gasteiger charge is -2.09. The van der Waals surface area contributed by atoms with Gasteiger partial charge in [0.15, 0.2) is 5.16 Å². The van der Waals surface area contributed by atoms with E-state index in [1.54, 1.807) is 19.2 Å². The van der Waals surface area contributed by atoms with Gasteiger partial charge in [0, 0.05) is 28.1 Å². The third-order valence-corrected chi connectivity index (χ3v) is 4.84. The van der Waals surface area contributed by atoms with E-state index in [4.69, 9.17) is 16.3 Å². The van der Waals surface area contributed by atoms with Gasteiger partial charge in [-0.05, 0) is 18.6 Å². The van der Waals surface area contributed by atoms with Crippen LogP contribution in [0.2, 0.25) is 5.02 Å². The van der Waals surface area contributed by atoms with Crippen LogP contribution in [0.5, 0.6) is 5.88 Å². The molecular weight excluding hydrogens is 351 g/mol. The minimum Gasteiger partial charge on any atom is -0.481 e. The van der Waals surface area contributed by atoms with Crippen molar-refractivity contribution in [2.24, 2.45) is 0 Å². The Morgan fingerprint density at radius 1 is 1.33 bits per heavy atom. The summed E-state index contributed by atoms with van der Waals surface area (Å²) in [6.07, 6.45) is 1.80. The van der Waals surface area contributed by atoms with Crippen molar-refractivity contribution in [2.75, 3.05) is 7.11 Å². The van der Waals surface area contributed by atoms with Crippen molar-refractivity contribution in [1.29, 1.82) is 0 Å². The van der Waals surface area contributed by atoms with Gasteiger partial charge in [-0.2, -0.15) is 4.98 Å². The first-order valence-corrected chi connectivity index (χ1v) is 8.85. The first-order chi connectivity index (χ1) is 11.6. The van der Waals surface area contributed by atoms with Crippen molar-refractivity contribution in [3.63, 3.8) is 0 Å². The summed E-state index contributed by atoms with van der Waals surface area (Å²) in [6.45, 7) is 2.09. The van der Waals surface area contributed by atoms with Crippen LogP contribution in [-0.2, 0) is 12.2 Å². The number of ether oxygens (including phenoxy) is 1. The second kappa shape index (κ2) is 7.36. The Bertz CT molecular complexity index is 850. The number of benzene rings is 1. The maximum atomic E-state index is 13.9. The molecule has 0 saturated carbocycles. The number of methoxy groups -OCH3 is 1. The Kier molecular flexibility index (Phi) is 5.20. The molecule has 2 aromatic heterocycles. The highest BCUT2D eigenvalue weighted by molar-refractivity contribution is 7.98. The topological polar surface area (TPSA) is 52.3 Å². The first-order valence-electron chi connectivity index (χ1n) is 7.48. The Balaban J connectivity index is 1.95. The molecule has 0 unspecified atom stereocenters. The van der Waals surface area contributed by atoms with Crippen molar-refractivity contribution in [3.05, 3.63) is 46.4 Å². The summed E-state index contributed by atoms with van der Waals surface area (Å²) in [5.41, 5.74) is 1.46. The van der Waals surface area contributed by atoms with Gasteiger partial charge in [-0.1, -0.05) is 42.8 Å². The van der Waals surface area contributed by atoms with E-state index < -0.39 is 0 Å². The summed E-state index contributed by atoms with van der Waals surface area (Å²) in [4.78, 5) is 4.30. The van der Waals surface area contributed by atoms with Crippen molar-refractivity contribution in [1.82, 2.24) is 19.6 Å². The van der Waals surface area contributed by atoms with E-state index >= 15 is 0 Å². The fourth-order valence-electron chi connectivity index (χ4n) is 2.37. The molecule has 0 bridgehead atoms. The third-order valence-electron chi connectivity index (χ3n) is 3.53. The Labute approximate surface area is 148 Å². The highest BCUT2D eigenvalue weighted by atomic mass is 35.5. The SMILES string of the molecule is CCCc1cc(OC)nc2nnc(SCc3c(F)cccc3Cl)n12. The second-order valence-corrected chi connectivity index (χ2v) is 6.50. The molecule has 24 heavy (non-hydrogen) atoms. The van der Waals surface area contributed by atoms with Crippen LogP contribution < -0.4 is 4.74 Å². The molecule has 2 heterocycles. The third kappa shape index (κ3) is 3.32. The zero-order valence-electron chi connectivity index (χ0n) is 13.3. The zero-order chi connectivity index (χ0) is 17.1. The van der Waals surface area contributed by atoms with E-state index in [0.29, 0.717) is 33.2 Å². The molecule has 8 heteroatoms. The number of thioether (sulfide) groups is 1. The van der Waals surface area contributed by atoms with E-state index in [-0.39, 0.29) is 5.82 Å². The molecular formula is C16H16ClFN4OS. The summed E-state index contributed by atoms with van der Waals surface area (Å²) in [5, 5.41) is 9.34. The summed E-state index contributed by atoms with van der Waals surface area (Å²) in [5.74, 6) is 1.02. The molecule has 3 aromatic rings. The molecule has 0 N–H and O–H groups in total. The molecule has 3 rings (SSSR count). The maximum absolute atomic E-state index is 13.9. The zero-order valence-corrected chi connectivity index (χ0v) is 14.9. The molecule has 0 atom stereocenters. The first kappa shape index (κ1) is 17.0. The van der Waals surface area contributed by atoms with Gasteiger partial charge in [0.05, 0.1) is 7.11 Å². The quantitative estimate of drug-likeness (QED) is 0.613. The molecule has 0 aliphatic carbocycles. The smallest absolute Gasteiger partial charge is 0.259 e. The monoisotopic (exact) mass is 366 g/mol. The average Bonchev–Trinajstić information content (AvgIpc) is 2.98. The largest absolute Gasteiger partial charge is 0.481 e. The summed E-state index contributed by atoms with van der Waals surface area (Å²) >= 11 is 7.46. The highest BCUT2D eigenvalue weighted by Gasteiger charge is 2.15. The van der Waals surface area contributed by atoms with Gasteiger partial charge in [-0.3, -0.25) is 4.40 Å². The van der Waals surface area contributed by atoms with Crippen LogP contribution in [0, 0.1) is 5.82 Å². The Morgan fingerprint density at radius 2 is 2.17 bits per heavy atom. The van der Waals surface area contributed by atoms with Crippen molar-refractivity contribution in [3.8, 4) is 5.88 Å². The molecule has 1 aromatic carbocycles. The number of aromatic nitrogens is 4. The normalized spacial score (nSPS) is 11.2. The van der Waals surface area contributed by atoms with E-state index in [1.165, 1.54) is 17.8 Å². The fraction of sp³-hybridized carbons (Fsp3) is 0.312. The number of nitrogens with zero attached hydrogens (tertiary/aromatic N) is 4. The van der Waals surface area contributed by atoms with Crippen molar-refractivity contribution >= 4 is 29.1 Å². The van der Waals surface area contributed by atoms with Crippen LogP contribution in [0.25, 0.3) is 5.78 Å². The number of halogens is 2. The number of rotatable bonds is 6. The highest BCUT2D eigenvalue weighted by Crippen LogP contribution is 2.29. The van der Waals surface area contributed by atoms with Gasteiger partial charge >= 0.3 is 0 Å². The van der Waals surface area contributed by atoms with Gasteiger partial charge in [-0.15, -0.1) is 10.2 Å². The van der Waals surface area contributed by atoms with E-state index in [0.717, 1.165) is 18.5 Å². The molecule has 0 amide bonds. The van der Waals surface area contributed by atoms with Crippen molar-refractivity contribution in [2.45, 2.75) is 30.7 Å². The van der Waals surface area contributed by atoms with Gasteiger partial charge < -0.3 is 4.74 Å². The predicted octanol–water partition coefficient (Wildman–Crippen LogP) is 4.17. The minimum absolute atomic E-state index is 0.322. The second-order valence-electron chi connectivity index (χ2n) is 5.15. The Morgan fingerprint density at radius 3 is 2.88 bits per heavy atom. The lowest BCUT2D eigenvalue weighted by molar-refractivity contribution is 0.397. The van der Waals surface area contributed by atoms with Crippen LogP contribution in [0.4, 0.5) is 4.39 Å². The van der Waals surface area contributed by atoms with Gasteiger partial charge in [-0.25, -0.2) is 4.39 Å². The summed E-state index contributed by atoms with van der Waals surface area (Å²) in [7, 11) is 1.57. The number of hydrogen-bond acceptors (Lipinski definition) is 5. The molecule has 126 valence electrons.